The van der Waals surface area contributed by atoms with E-state index in [9.17, 15) is 19.6 Å². The maximum atomic E-state index is 12.8. The van der Waals surface area contributed by atoms with Crippen LogP contribution < -0.4 is 10.6 Å². The lowest BCUT2D eigenvalue weighted by Gasteiger charge is -2.23. The fraction of sp³-hybridized carbons (Fsp3) is 0.333. The SMILES string of the molecule is Cc1cccc(C[C@H](NC(=O)C2(NC(=O)c3ccc(Cl)cc3C)CC2)B(O)O)c1. The summed E-state index contributed by atoms with van der Waals surface area (Å²) < 4.78 is 0. The van der Waals surface area contributed by atoms with Crippen molar-refractivity contribution in [3.63, 3.8) is 0 Å². The summed E-state index contributed by atoms with van der Waals surface area (Å²) in [4.78, 5) is 25.5. The van der Waals surface area contributed by atoms with Crippen LogP contribution in [-0.2, 0) is 11.2 Å². The molecule has 1 aliphatic carbocycles. The molecule has 0 saturated heterocycles. The highest BCUT2D eigenvalue weighted by molar-refractivity contribution is 6.43. The molecule has 1 aliphatic rings. The lowest BCUT2D eigenvalue weighted by atomic mass is 9.75. The van der Waals surface area contributed by atoms with E-state index in [1.807, 2.05) is 31.2 Å². The molecule has 4 N–H and O–H groups in total. The van der Waals surface area contributed by atoms with Crippen LogP contribution in [0.1, 0.15) is 39.9 Å². The van der Waals surface area contributed by atoms with Gasteiger partial charge in [0.2, 0.25) is 5.91 Å². The molecule has 1 atom stereocenters. The minimum absolute atomic E-state index is 0.269. The molecule has 2 aromatic carbocycles. The smallest absolute Gasteiger partial charge is 0.426 e. The van der Waals surface area contributed by atoms with Gasteiger partial charge in [0.25, 0.3) is 5.91 Å². The van der Waals surface area contributed by atoms with Crippen molar-refractivity contribution in [2.45, 2.75) is 44.6 Å². The normalized spacial score (nSPS) is 15.3. The quantitative estimate of drug-likeness (QED) is 0.521. The van der Waals surface area contributed by atoms with Gasteiger partial charge in [0.15, 0.2) is 0 Å². The molecule has 6 nitrogen and oxygen atoms in total. The Balaban J connectivity index is 1.68. The first kappa shape index (κ1) is 21.4. The summed E-state index contributed by atoms with van der Waals surface area (Å²) >= 11 is 5.94. The lowest BCUT2D eigenvalue weighted by molar-refractivity contribution is -0.124. The summed E-state index contributed by atoms with van der Waals surface area (Å²) in [7, 11) is -1.72. The number of carbonyl (C=O) groups excluding carboxylic acids is 2. The first-order valence-electron chi connectivity index (χ1n) is 9.51. The molecule has 0 spiro atoms. The van der Waals surface area contributed by atoms with Crippen LogP contribution in [0.3, 0.4) is 0 Å². The summed E-state index contributed by atoms with van der Waals surface area (Å²) in [6.07, 6.45) is 1.26. The molecule has 2 aromatic rings. The van der Waals surface area contributed by atoms with Crippen LogP contribution in [0, 0.1) is 13.8 Å². The van der Waals surface area contributed by atoms with Crippen molar-refractivity contribution < 1.29 is 19.6 Å². The second-order valence-corrected chi connectivity index (χ2v) is 8.12. The number of benzene rings is 2. The average molecular weight is 415 g/mol. The number of nitrogens with one attached hydrogen (secondary N) is 2. The van der Waals surface area contributed by atoms with E-state index in [1.54, 1.807) is 25.1 Å². The Morgan fingerprint density at radius 3 is 2.48 bits per heavy atom. The fourth-order valence-corrected chi connectivity index (χ4v) is 3.56. The second-order valence-electron chi connectivity index (χ2n) is 7.68. The second kappa shape index (κ2) is 8.57. The van der Waals surface area contributed by atoms with Crippen molar-refractivity contribution in [3.8, 4) is 0 Å². The van der Waals surface area contributed by atoms with Crippen LogP contribution in [-0.4, -0.2) is 40.5 Å². The van der Waals surface area contributed by atoms with E-state index < -0.39 is 24.5 Å². The zero-order valence-electron chi connectivity index (χ0n) is 16.4. The molecule has 1 fully saturated rings. The van der Waals surface area contributed by atoms with Crippen LogP contribution in [0.15, 0.2) is 42.5 Å². The molecule has 0 heterocycles. The minimum atomic E-state index is -1.72. The number of carbonyl (C=O) groups is 2. The standard InChI is InChI=1S/C21H24BClN2O4/c1-13-4-3-5-15(10-13)12-18(22(28)29)24-20(27)21(8-9-21)25-19(26)17-7-6-16(23)11-14(17)2/h3-7,10-11,18,28-29H,8-9,12H2,1-2H3,(H,24,27)(H,25,26)/t18-/m0/s1. The van der Waals surface area contributed by atoms with E-state index in [1.165, 1.54) is 0 Å². The van der Waals surface area contributed by atoms with Gasteiger partial charge in [-0.05, 0) is 62.4 Å². The Morgan fingerprint density at radius 2 is 1.90 bits per heavy atom. The zero-order valence-corrected chi connectivity index (χ0v) is 17.2. The van der Waals surface area contributed by atoms with Crippen molar-refractivity contribution in [3.05, 3.63) is 69.7 Å². The van der Waals surface area contributed by atoms with Gasteiger partial charge >= 0.3 is 7.12 Å². The van der Waals surface area contributed by atoms with E-state index in [0.717, 1.165) is 11.1 Å². The summed E-state index contributed by atoms with van der Waals surface area (Å²) in [5.41, 5.74) is 2.07. The van der Waals surface area contributed by atoms with Gasteiger partial charge in [0.05, 0.1) is 5.94 Å². The molecule has 152 valence electrons. The molecule has 0 aliphatic heterocycles. The molecular weight excluding hydrogens is 391 g/mol. The van der Waals surface area contributed by atoms with E-state index >= 15 is 0 Å². The third kappa shape index (κ3) is 5.18. The van der Waals surface area contributed by atoms with E-state index in [2.05, 4.69) is 10.6 Å². The fourth-order valence-electron chi connectivity index (χ4n) is 3.33. The van der Waals surface area contributed by atoms with Crippen molar-refractivity contribution in [1.29, 1.82) is 0 Å². The highest BCUT2D eigenvalue weighted by Gasteiger charge is 2.52. The van der Waals surface area contributed by atoms with Gasteiger partial charge in [-0.2, -0.15) is 0 Å². The Hall–Kier alpha value is -2.35. The van der Waals surface area contributed by atoms with Gasteiger partial charge in [0, 0.05) is 10.6 Å². The third-order valence-electron chi connectivity index (χ3n) is 5.19. The molecule has 2 amide bonds. The Kier molecular flexibility index (Phi) is 6.31. The minimum Gasteiger partial charge on any atom is -0.426 e. The molecular formula is C21H24BClN2O4. The van der Waals surface area contributed by atoms with Gasteiger partial charge in [-0.15, -0.1) is 0 Å². The van der Waals surface area contributed by atoms with Crippen molar-refractivity contribution in [2.24, 2.45) is 0 Å². The van der Waals surface area contributed by atoms with Crippen LogP contribution in [0.4, 0.5) is 0 Å². The molecule has 0 bridgehead atoms. The molecule has 0 radical (unpaired) electrons. The molecule has 0 unspecified atom stereocenters. The highest BCUT2D eigenvalue weighted by Crippen LogP contribution is 2.36. The van der Waals surface area contributed by atoms with E-state index in [-0.39, 0.29) is 12.3 Å². The molecule has 8 heteroatoms. The summed E-state index contributed by atoms with van der Waals surface area (Å²) in [5.74, 6) is -1.65. The van der Waals surface area contributed by atoms with Crippen molar-refractivity contribution >= 4 is 30.5 Å². The predicted octanol–water partition coefficient (Wildman–Crippen LogP) is 1.96. The van der Waals surface area contributed by atoms with Crippen LogP contribution in [0.25, 0.3) is 0 Å². The molecule has 29 heavy (non-hydrogen) atoms. The average Bonchev–Trinajstić information content (AvgIpc) is 3.41. The molecule has 3 rings (SSSR count). The summed E-state index contributed by atoms with van der Waals surface area (Å²) in [6, 6.07) is 12.6. The Labute approximate surface area is 175 Å². The molecule has 0 aromatic heterocycles. The van der Waals surface area contributed by atoms with Gasteiger partial charge in [-0.25, -0.2) is 0 Å². The number of amides is 2. The van der Waals surface area contributed by atoms with Gasteiger partial charge in [-0.1, -0.05) is 41.4 Å². The van der Waals surface area contributed by atoms with Gasteiger partial charge in [0.1, 0.15) is 5.54 Å². The first-order chi connectivity index (χ1) is 13.7. The highest BCUT2D eigenvalue weighted by atomic mass is 35.5. The van der Waals surface area contributed by atoms with E-state index in [0.29, 0.717) is 29.0 Å². The monoisotopic (exact) mass is 414 g/mol. The lowest BCUT2D eigenvalue weighted by Crippen LogP contribution is -2.56. The molecule has 1 saturated carbocycles. The van der Waals surface area contributed by atoms with Gasteiger partial charge in [-0.3, -0.25) is 9.59 Å². The topological polar surface area (TPSA) is 98.7 Å². The Morgan fingerprint density at radius 1 is 1.17 bits per heavy atom. The summed E-state index contributed by atoms with van der Waals surface area (Å²) in [6.45, 7) is 3.72. The van der Waals surface area contributed by atoms with Crippen LogP contribution in [0.5, 0.6) is 0 Å². The maximum absolute atomic E-state index is 12.8. The largest absolute Gasteiger partial charge is 0.475 e. The number of aryl methyl sites for hydroxylation is 2. The number of rotatable bonds is 7. The van der Waals surface area contributed by atoms with E-state index in [4.69, 9.17) is 11.6 Å². The number of hydrogen-bond acceptors (Lipinski definition) is 4. The van der Waals surface area contributed by atoms with Crippen molar-refractivity contribution in [1.82, 2.24) is 10.6 Å². The van der Waals surface area contributed by atoms with Crippen LogP contribution in [0.2, 0.25) is 5.02 Å². The number of halogens is 1. The van der Waals surface area contributed by atoms with Crippen molar-refractivity contribution in [2.75, 3.05) is 0 Å². The number of hydrogen-bond donors (Lipinski definition) is 4. The predicted molar refractivity (Wildman–Crippen MR) is 113 cm³/mol. The zero-order chi connectivity index (χ0) is 21.2. The third-order valence-corrected chi connectivity index (χ3v) is 5.42. The first-order valence-corrected chi connectivity index (χ1v) is 9.89. The summed E-state index contributed by atoms with van der Waals surface area (Å²) in [5, 5.41) is 25.5. The van der Waals surface area contributed by atoms with Crippen LogP contribution >= 0.6 is 11.6 Å². The Bertz CT molecular complexity index is 931. The van der Waals surface area contributed by atoms with Gasteiger partial charge < -0.3 is 20.7 Å². The maximum Gasteiger partial charge on any atom is 0.475 e.